The summed E-state index contributed by atoms with van der Waals surface area (Å²) >= 11 is 5.68. The van der Waals surface area contributed by atoms with Crippen molar-refractivity contribution >= 4 is 11.6 Å². The summed E-state index contributed by atoms with van der Waals surface area (Å²) in [5, 5.41) is 0. The van der Waals surface area contributed by atoms with Gasteiger partial charge in [-0.1, -0.05) is 12.8 Å². The largest absolute Gasteiger partial charge is 0.367 e. The molecule has 0 amide bonds. The molecule has 0 unspecified atom stereocenters. The van der Waals surface area contributed by atoms with E-state index in [9.17, 15) is 0 Å². The summed E-state index contributed by atoms with van der Waals surface area (Å²) in [5.41, 5.74) is -0.0320. The highest BCUT2D eigenvalue weighted by Crippen LogP contribution is 2.28. The Morgan fingerprint density at radius 1 is 0.941 bits per heavy atom. The van der Waals surface area contributed by atoms with Gasteiger partial charge in [-0.3, -0.25) is 4.90 Å². The van der Waals surface area contributed by atoms with Crippen LogP contribution in [0.4, 0.5) is 0 Å². The molecule has 0 saturated carbocycles. The zero-order valence-corrected chi connectivity index (χ0v) is 12.6. The summed E-state index contributed by atoms with van der Waals surface area (Å²) < 4.78 is 6.08. The molecular weight excluding hydrogens is 234 g/mol. The Kier molecular flexibility index (Phi) is 5.75. The number of halogens is 1. The monoisotopic (exact) mass is 261 g/mol. The van der Waals surface area contributed by atoms with E-state index in [4.69, 9.17) is 16.3 Å². The van der Waals surface area contributed by atoms with Gasteiger partial charge in [0.05, 0.1) is 11.2 Å². The molecule has 1 rings (SSSR count). The maximum Gasteiger partial charge on any atom is 0.0760 e. The summed E-state index contributed by atoms with van der Waals surface area (Å²) in [6, 6.07) is 0. The molecule has 0 radical (unpaired) electrons. The number of rotatable bonds is 6. The third-order valence-electron chi connectivity index (χ3n) is 3.12. The summed E-state index contributed by atoms with van der Waals surface area (Å²) in [6.07, 6.45) is 5.00. The highest BCUT2D eigenvalue weighted by Gasteiger charge is 2.37. The van der Waals surface area contributed by atoms with Gasteiger partial charge in [0.25, 0.3) is 0 Å². The van der Waals surface area contributed by atoms with Crippen molar-refractivity contribution in [3.63, 3.8) is 0 Å². The van der Waals surface area contributed by atoms with Gasteiger partial charge in [-0.2, -0.15) is 0 Å². The van der Waals surface area contributed by atoms with Crippen molar-refractivity contribution in [1.29, 1.82) is 0 Å². The average Bonchev–Trinajstić information content (AvgIpc) is 2.12. The molecule has 1 aliphatic heterocycles. The molecule has 3 heteroatoms. The maximum atomic E-state index is 6.08. The fourth-order valence-electron chi connectivity index (χ4n) is 2.89. The molecule has 0 atom stereocenters. The van der Waals surface area contributed by atoms with Crippen molar-refractivity contribution in [1.82, 2.24) is 4.90 Å². The standard InChI is InChI=1S/C14H28ClNO/c1-13(2)11-16(12-14(3,4)17-13)10-8-6-5-7-9-15/h5-12H2,1-4H3. The number of ether oxygens (including phenoxy) is 1. The van der Waals surface area contributed by atoms with Crippen molar-refractivity contribution < 1.29 is 4.74 Å². The van der Waals surface area contributed by atoms with Gasteiger partial charge in [0.15, 0.2) is 0 Å². The van der Waals surface area contributed by atoms with E-state index >= 15 is 0 Å². The van der Waals surface area contributed by atoms with Crippen LogP contribution >= 0.6 is 11.6 Å². The molecule has 0 aromatic heterocycles. The Morgan fingerprint density at radius 2 is 1.47 bits per heavy atom. The quantitative estimate of drug-likeness (QED) is 0.534. The smallest absolute Gasteiger partial charge is 0.0760 e. The van der Waals surface area contributed by atoms with Crippen molar-refractivity contribution in [2.45, 2.75) is 64.6 Å². The third-order valence-corrected chi connectivity index (χ3v) is 3.39. The lowest BCUT2D eigenvalue weighted by atomic mass is 9.98. The summed E-state index contributed by atoms with van der Waals surface area (Å²) in [5.74, 6) is 0.803. The van der Waals surface area contributed by atoms with E-state index < -0.39 is 0 Å². The first-order valence-electron chi connectivity index (χ1n) is 6.83. The van der Waals surface area contributed by atoms with Gasteiger partial charge in [0, 0.05) is 19.0 Å². The van der Waals surface area contributed by atoms with Gasteiger partial charge < -0.3 is 4.74 Å². The third kappa shape index (κ3) is 6.08. The molecule has 0 N–H and O–H groups in total. The van der Waals surface area contributed by atoms with E-state index in [2.05, 4.69) is 32.6 Å². The van der Waals surface area contributed by atoms with Crippen LogP contribution in [0, 0.1) is 0 Å². The highest BCUT2D eigenvalue weighted by molar-refractivity contribution is 6.17. The molecule has 0 aromatic carbocycles. The molecule has 1 heterocycles. The van der Waals surface area contributed by atoms with Crippen molar-refractivity contribution in [3.05, 3.63) is 0 Å². The van der Waals surface area contributed by atoms with Crippen LogP contribution < -0.4 is 0 Å². The Balaban J connectivity index is 2.28. The van der Waals surface area contributed by atoms with Crippen LogP contribution in [0.5, 0.6) is 0 Å². The lowest BCUT2D eigenvalue weighted by Crippen LogP contribution is -2.57. The second-order valence-corrected chi connectivity index (χ2v) is 6.81. The normalized spacial score (nSPS) is 23.8. The lowest BCUT2D eigenvalue weighted by molar-refractivity contribution is -0.180. The molecule has 0 aliphatic carbocycles. The molecule has 1 fully saturated rings. The molecule has 2 nitrogen and oxygen atoms in total. The average molecular weight is 262 g/mol. The van der Waals surface area contributed by atoms with Gasteiger partial charge >= 0.3 is 0 Å². The van der Waals surface area contributed by atoms with Crippen molar-refractivity contribution in [2.75, 3.05) is 25.5 Å². The molecular formula is C14H28ClNO. The number of unbranched alkanes of at least 4 members (excludes halogenated alkanes) is 3. The van der Waals surface area contributed by atoms with Crippen LogP contribution in [0.2, 0.25) is 0 Å². The maximum absolute atomic E-state index is 6.08. The van der Waals surface area contributed by atoms with E-state index in [1.807, 2.05) is 0 Å². The summed E-state index contributed by atoms with van der Waals surface area (Å²) in [7, 11) is 0. The molecule has 17 heavy (non-hydrogen) atoms. The zero-order valence-electron chi connectivity index (χ0n) is 11.9. The minimum Gasteiger partial charge on any atom is -0.367 e. The van der Waals surface area contributed by atoms with Crippen LogP contribution in [0.15, 0.2) is 0 Å². The number of hydrogen-bond donors (Lipinski definition) is 0. The topological polar surface area (TPSA) is 12.5 Å². The minimum absolute atomic E-state index is 0.0160. The van der Waals surface area contributed by atoms with E-state index in [-0.39, 0.29) is 11.2 Å². The first kappa shape index (κ1) is 15.3. The second kappa shape index (κ2) is 6.40. The Bertz CT molecular complexity index is 212. The summed E-state index contributed by atoms with van der Waals surface area (Å²) in [6.45, 7) is 12.0. The number of morpholine rings is 1. The predicted molar refractivity (Wildman–Crippen MR) is 74.9 cm³/mol. The molecule has 102 valence electrons. The lowest BCUT2D eigenvalue weighted by Gasteiger charge is -2.47. The highest BCUT2D eigenvalue weighted by atomic mass is 35.5. The van der Waals surface area contributed by atoms with E-state index in [0.717, 1.165) is 25.4 Å². The Labute approximate surface area is 112 Å². The van der Waals surface area contributed by atoms with Gasteiger partial charge in [0.2, 0.25) is 0 Å². The molecule has 0 aromatic rings. The van der Waals surface area contributed by atoms with Crippen LogP contribution in [-0.2, 0) is 4.74 Å². The molecule has 1 saturated heterocycles. The van der Waals surface area contributed by atoms with Crippen molar-refractivity contribution in [3.8, 4) is 0 Å². The van der Waals surface area contributed by atoms with E-state index in [1.54, 1.807) is 0 Å². The van der Waals surface area contributed by atoms with Crippen molar-refractivity contribution in [2.24, 2.45) is 0 Å². The first-order valence-corrected chi connectivity index (χ1v) is 7.37. The molecule has 0 spiro atoms. The van der Waals surface area contributed by atoms with Crippen LogP contribution in [0.25, 0.3) is 0 Å². The first-order chi connectivity index (χ1) is 7.85. The second-order valence-electron chi connectivity index (χ2n) is 6.44. The number of hydrogen-bond acceptors (Lipinski definition) is 2. The van der Waals surface area contributed by atoms with Crippen LogP contribution in [-0.4, -0.2) is 41.6 Å². The van der Waals surface area contributed by atoms with Gasteiger partial charge in [-0.25, -0.2) is 0 Å². The number of nitrogens with zero attached hydrogens (tertiary/aromatic N) is 1. The molecule has 1 aliphatic rings. The fourth-order valence-corrected chi connectivity index (χ4v) is 3.08. The van der Waals surface area contributed by atoms with Gasteiger partial charge in [0.1, 0.15) is 0 Å². The van der Waals surface area contributed by atoms with Gasteiger partial charge in [-0.05, 0) is 47.1 Å². The Morgan fingerprint density at radius 3 is 2.00 bits per heavy atom. The van der Waals surface area contributed by atoms with E-state index in [1.165, 1.54) is 25.8 Å². The van der Waals surface area contributed by atoms with Gasteiger partial charge in [-0.15, -0.1) is 11.6 Å². The Hall–Kier alpha value is 0.210. The van der Waals surface area contributed by atoms with Crippen LogP contribution in [0.1, 0.15) is 53.4 Å². The molecule has 0 bridgehead atoms. The van der Waals surface area contributed by atoms with E-state index in [0.29, 0.717) is 0 Å². The van der Waals surface area contributed by atoms with Crippen LogP contribution in [0.3, 0.4) is 0 Å². The minimum atomic E-state index is -0.0160. The summed E-state index contributed by atoms with van der Waals surface area (Å²) in [4.78, 5) is 2.55. The number of alkyl halides is 1. The fraction of sp³-hybridized carbons (Fsp3) is 1.00. The predicted octanol–water partition coefficient (Wildman–Crippen LogP) is 3.68. The zero-order chi connectivity index (χ0) is 12.9. The SMILES string of the molecule is CC1(C)CN(CCCCCCCl)CC(C)(C)O1.